The molecule has 0 radical (unpaired) electrons. The number of esters is 1. The van der Waals surface area contributed by atoms with Gasteiger partial charge in [0.05, 0.1) is 23.3 Å². The molecule has 0 atom stereocenters. The van der Waals surface area contributed by atoms with E-state index in [9.17, 15) is 9.18 Å². The first-order chi connectivity index (χ1) is 11.0. The second kappa shape index (κ2) is 5.72. The number of halogens is 3. The SMILES string of the molecule is COC(=O)c1nc(-c2ccc(Cl)c3cc[nH]c23)c(F)c(N)c1Cl. The van der Waals surface area contributed by atoms with Crippen molar-refractivity contribution in [2.75, 3.05) is 12.8 Å². The largest absolute Gasteiger partial charge is 0.464 e. The molecule has 5 nitrogen and oxygen atoms in total. The maximum absolute atomic E-state index is 14.6. The predicted octanol–water partition coefficient (Wildman–Crippen LogP) is 4.04. The number of nitrogens with zero attached hydrogens (tertiary/aromatic N) is 1. The van der Waals surface area contributed by atoms with Crippen LogP contribution in [0.25, 0.3) is 22.2 Å². The molecule has 0 amide bonds. The number of pyridine rings is 1. The summed E-state index contributed by atoms with van der Waals surface area (Å²) in [4.78, 5) is 18.8. The highest BCUT2D eigenvalue weighted by Gasteiger charge is 2.24. The molecule has 3 rings (SSSR count). The maximum atomic E-state index is 14.6. The lowest BCUT2D eigenvalue weighted by Crippen LogP contribution is -2.10. The van der Waals surface area contributed by atoms with Crippen LogP contribution in [0.3, 0.4) is 0 Å². The molecule has 3 N–H and O–H groups in total. The van der Waals surface area contributed by atoms with Gasteiger partial charge in [0, 0.05) is 22.2 Å². The fourth-order valence-electron chi connectivity index (χ4n) is 2.29. The summed E-state index contributed by atoms with van der Waals surface area (Å²) in [5, 5.41) is 0.911. The molecule has 0 bridgehead atoms. The summed E-state index contributed by atoms with van der Waals surface area (Å²) in [6.07, 6.45) is 1.67. The van der Waals surface area contributed by atoms with Crippen molar-refractivity contribution < 1.29 is 13.9 Å². The van der Waals surface area contributed by atoms with E-state index in [4.69, 9.17) is 28.9 Å². The number of nitrogen functional groups attached to an aromatic ring is 1. The summed E-state index contributed by atoms with van der Waals surface area (Å²) in [6.45, 7) is 0. The number of nitrogens with two attached hydrogens (primary N) is 1. The van der Waals surface area contributed by atoms with Crippen LogP contribution < -0.4 is 5.73 Å². The third-order valence-electron chi connectivity index (χ3n) is 3.42. The minimum Gasteiger partial charge on any atom is -0.464 e. The Hall–Kier alpha value is -2.31. The molecule has 0 aliphatic heterocycles. The number of nitrogens with one attached hydrogen (secondary N) is 1. The van der Waals surface area contributed by atoms with E-state index in [-0.39, 0.29) is 22.1 Å². The zero-order chi connectivity index (χ0) is 16.7. The zero-order valence-corrected chi connectivity index (χ0v) is 13.3. The summed E-state index contributed by atoms with van der Waals surface area (Å²) in [6, 6.07) is 4.94. The molecular weight excluding hydrogens is 344 g/mol. The van der Waals surface area contributed by atoms with Crippen molar-refractivity contribution in [2.45, 2.75) is 0 Å². The number of H-pyrrole nitrogens is 1. The number of hydrogen-bond donors (Lipinski definition) is 2. The van der Waals surface area contributed by atoms with Gasteiger partial charge in [-0.05, 0) is 18.2 Å². The highest BCUT2D eigenvalue weighted by molar-refractivity contribution is 6.36. The van der Waals surface area contributed by atoms with Crippen molar-refractivity contribution in [1.29, 1.82) is 0 Å². The molecule has 0 spiro atoms. The molecule has 8 heteroatoms. The molecule has 0 saturated heterocycles. The number of methoxy groups -OCH3 is 1. The molecule has 118 valence electrons. The number of fused-ring (bicyclic) bond motifs is 1. The van der Waals surface area contributed by atoms with E-state index in [1.165, 1.54) is 7.11 Å². The lowest BCUT2D eigenvalue weighted by atomic mass is 10.1. The van der Waals surface area contributed by atoms with Gasteiger partial charge >= 0.3 is 5.97 Å². The monoisotopic (exact) mass is 353 g/mol. The van der Waals surface area contributed by atoms with E-state index in [2.05, 4.69) is 14.7 Å². The number of rotatable bonds is 2. The molecule has 2 heterocycles. The van der Waals surface area contributed by atoms with Gasteiger partial charge in [0.2, 0.25) is 0 Å². The van der Waals surface area contributed by atoms with Crippen molar-refractivity contribution >= 4 is 45.8 Å². The number of ether oxygens (including phenoxy) is 1. The molecule has 0 unspecified atom stereocenters. The number of aromatic nitrogens is 2. The molecule has 1 aromatic carbocycles. The normalized spacial score (nSPS) is 11.0. The van der Waals surface area contributed by atoms with Crippen LogP contribution in [0.5, 0.6) is 0 Å². The second-order valence-electron chi connectivity index (χ2n) is 4.70. The van der Waals surface area contributed by atoms with Gasteiger partial charge < -0.3 is 15.5 Å². The standard InChI is InChI=1S/C15H10Cl2FN3O2/c1-23-15(22)14-9(17)11(19)10(18)13(21-14)7-2-3-8(16)6-4-5-20-12(6)7/h2-5,20H,1H3,(H2,19,21). The van der Waals surface area contributed by atoms with E-state index in [0.29, 0.717) is 21.5 Å². The van der Waals surface area contributed by atoms with E-state index >= 15 is 0 Å². The van der Waals surface area contributed by atoms with Gasteiger partial charge in [-0.1, -0.05) is 23.2 Å². The fraction of sp³-hybridized carbons (Fsp3) is 0.0667. The second-order valence-corrected chi connectivity index (χ2v) is 5.49. The van der Waals surface area contributed by atoms with E-state index < -0.39 is 11.8 Å². The third-order valence-corrected chi connectivity index (χ3v) is 4.13. The van der Waals surface area contributed by atoms with Crippen LogP contribution in [-0.2, 0) is 4.74 Å². The molecule has 23 heavy (non-hydrogen) atoms. The van der Waals surface area contributed by atoms with Crippen LogP contribution in [0.4, 0.5) is 10.1 Å². The Bertz CT molecular complexity index is 940. The predicted molar refractivity (Wildman–Crippen MR) is 87.3 cm³/mol. The molecule has 0 aliphatic carbocycles. The molecule has 0 aliphatic rings. The number of hydrogen-bond acceptors (Lipinski definition) is 4. The zero-order valence-electron chi connectivity index (χ0n) is 11.8. The van der Waals surface area contributed by atoms with Crippen molar-refractivity contribution in [3.63, 3.8) is 0 Å². The number of anilines is 1. The summed E-state index contributed by atoms with van der Waals surface area (Å²) in [5.41, 5.74) is 5.91. The van der Waals surface area contributed by atoms with Crippen LogP contribution in [-0.4, -0.2) is 23.0 Å². The van der Waals surface area contributed by atoms with Gasteiger partial charge in [-0.15, -0.1) is 0 Å². The summed E-state index contributed by atoms with van der Waals surface area (Å²) in [7, 11) is 1.17. The van der Waals surface area contributed by atoms with Crippen molar-refractivity contribution in [2.24, 2.45) is 0 Å². The highest BCUT2D eigenvalue weighted by Crippen LogP contribution is 2.36. The van der Waals surface area contributed by atoms with Crippen molar-refractivity contribution in [3.8, 4) is 11.3 Å². The number of carbonyl (C=O) groups is 1. The first-order valence-electron chi connectivity index (χ1n) is 6.44. The first-order valence-corrected chi connectivity index (χ1v) is 7.20. The summed E-state index contributed by atoms with van der Waals surface area (Å²) >= 11 is 12.0. The fourth-order valence-corrected chi connectivity index (χ4v) is 2.71. The smallest absolute Gasteiger partial charge is 0.358 e. The summed E-state index contributed by atoms with van der Waals surface area (Å²) < 4.78 is 19.2. The molecule has 0 saturated carbocycles. The Kier molecular flexibility index (Phi) is 3.87. The third kappa shape index (κ3) is 2.40. The van der Waals surface area contributed by atoms with Gasteiger partial charge in [0.25, 0.3) is 0 Å². The Morgan fingerprint density at radius 2 is 2.09 bits per heavy atom. The van der Waals surface area contributed by atoms with E-state index in [1.807, 2.05) is 0 Å². The van der Waals surface area contributed by atoms with Gasteiger partial charge in [0.1, 0.15) is 5.69 Å². The minimum absolute atomic E-state index is 0.114. The Labute approximate surface area is 140 Å². The molecule has 0 fully saturated rings. The number of aromatic amines is 1. The quantitative estimate of drug-likeness (QED) is 0.681. The average Bonchev–Trinajstić information content (AvgIpc) is 3.04. The van der Waals surface area contributed by atoms with Crippen LogP contribution in [0.2, 0.25) is 10.0 Å². The molecule has 3 aromatic rings. The Morgan fingerprint density at radius 1 is 1.35 bits per heavy atom. The Morgan fingerprint density at radius 3 is 2.78 bits per heavy atom. The highest BCUT2D eigenvalue weighted by atomic mass is 35.5. The minimum atomic E-state index is -0.819. The number of carbonyl (C=O) groups excluding carboxylic acids is 1. The number of benzene rings is 1. The first kappa shape index (κ1) is 15.6. The lowest BCUT2D eigenvalue weighted by molar-refractivity contribution is 0.0594. The van der Waals surface area contributed by atoms with E-state index in [0.717, 1.165) is 0 Å². The topological polar surface area (TPSA) is 81.0 Å². The van der Waals surface area contributed by atoms with Crippen LogP contribution in [0.1, 0.15) is 10.5 Å². The van der Waals surface area contributed by atoms with Gasteiger partial charge in [-0.2, -0.15) is 0 Å². The van der Waals surface area contributed by atoms with Crippen LogP contribution in [0, 0.1) is 5.82 Å². The molecular formula is C15H10Cl2FN3O2. The van der Waals surface area contributed by atoms with Gasteiger partial charge in [0.15, 0.2) is 11.5 Å². The maximum Gasteiger partial charge on any atom is 0.358 e. The summed E-state index contributed by atoms with van der Waals surface area (Å²) in [5.74, 6) is -1.62. The lowest BCUT2D eigenvalue weighted by Gasteiger charge is -2.11. The van der Waals surface area contributed by atoms with Crippen LogP contribution in [0.15, 0.2) is 24.4 Å². The van der Waals surface area contributed by atoms with Crippen LogP contribution >= 0.6 is 23.2 Å². The average molecular weight is 354 g/mol. The van der Waals surface area contributed by atoms with Gasteiger partial charge in [-0.3, -0.25) is 0 Å². The molecule has 2 aromatic heterocycles. The van der Waals surface area contributed by atoms with Crippen molar-refractivity contribution in [1.82, 2.24) is 9.97 Å². The van der Waals surface area contributed by atoms with Gasteiger partial charge in [-0.25, -0.2) is 14.2 Å². The van der Waals surface area contributed by atoms with E-state index in [1.54, 1.807) is 24.4 Å². The van der Waals surface area contributed by atoms with Crippen molar-refractivity contribution in [3.05, 3.63) is 46.0 Å². The Balaban J connectivity index is 2.35.